The monoisotopic (exact) mass is 197 g/mol. The Bertz CT molecular complexity index is 345. The lowest BCUT2D eigenvalue weighted by Crippen LogP contribution is -3.00. The van der Waals surface area contributed by atoms with Gasteiger partial charge in [-0.25, -0.2) is 0 Å². The Morgan fingerprint density at radius 1 is 1.69 bits per heavy atom. The summed E-state index contributed by atoms with van der Waals surface area (Å²) in [6.07, 6.45) is 3.26. The van der Waals surface area contributed by atoms with Crippen LogP contribution in [0, 0.1) is 11.3 Å². The van der Waals surface area contributed by atoms with Crippen molar-refractivity contribution in [2.24, 2.45) is 5.73 Å². The highest BCUT2D eigenvalue weighted by Gasteiger charge is 2.04. The number of primary amides is 1. The lowest BCUT2D eigenvalue weighted by atomic mass is 10.3. The molecule has 0 spiro atoms. The smallest absolute Gasteiger partial charge is 0.283 e. The van der Waals surface area contributed by atoms with Crippen LogP contribution < -0.4 is 22.7 Å². The highest BCUT2D eigenvalue weighted by molar-refractivity contribution is 5.72. The normalized spacial score (nSPS) is 8.23. The summed E-state index contributed by atoms with van der Waals surface area (Å²) in [4.78, 5) is 10.5. The van der Waals surface area contributed by atoms with Crippen LogP contribution in [0.3, 0.4) is 0 Å². The van der Waals surface area contributed by atoms with Gasteiger partial charge < -0.3 is 18.1 Å². The van der Waals surface area contributed by atoms with Gasteiger partial charge in [-0.15, -0.1) is 0 Å². The van der Waals surface area contributed by atoms with E-state index in [0.29, 0.717) is 5.56 Å². The molecule has 0 aliphatic heterocycles. The number of rotatable bonds is 2. The van der Waals surface area contributed by atoms with Crippen molar-refractivity contribution in [2.45, 2.75) is 6.54 Å². The van der Waals surface area contributed by atoms with Gasteiger partial charge in [-0.05, 0) is 6.07 Å². The zero-order chi connectivity index (χ0) is 8.97. The molecule has 0 unspecified atom stereocenters. The largest absolute Gasteiger partial charge is 1.00 e. The third-order valence-corrected chi connectivity index (χ3v) is 1.33. The summed E-state index contributed by atoms with van der Waals surface area (Å²) in [5.74, 6) is -0.421. The summed E-state index contributed by atoms with van der Waals surface area (Å²) in [5, 5.41) is 8.52. The lowest BCUT2D eigenvalue weighted by Gasteiger charge is -1.91. The third kappa shape index (κ3) is 3.54. The van der Waals surface area contributed by atoms with Gasteiger partial charge in [0.15, 0.2) is 12.4 Å². The summed E-state index contributed by atoms with van der Waals surface area (Å²) >= 11 is 0. The molecule has 1 heterocycles. The van der Waals surface area contributed by atoms with E-state index in [1.165, 1.54) is 0 Å². The molecule has 0 radical (unpaired) electrons. The van der Waals surface area contributed by atoms with Gasteiger partial charge in [0.25, 0.3) is 5.91 Å². The zero-order valence-corrected chi connectivity index (χ0v) is 7.53. The van der Waals surface area contributed by atoms with Crippen molar-refractivity contribution in [3.63, 3.8) is 0 Å². The predicted molar refractivity (Wildman–Crippen MR) is 40.5 cm³/mol. The average Bonchev–Trinajstić information content (AvgIpc) is 2.03. The number of pyridine rings is 1. The molecular formula is C8H8ClN3O. The van der Waals surface area contributed by atoms with Gasteiger partial charge in [0.1, 0.15) is 11.6 Å². The molecule has 0 saturated heterocycles. The first-order chi connectivity index (χ1) is 5.72. The molecule has 0 bridgehead atoms. The summed E-state index contributed by atoms with van der Waals surface area (Å²) < 4.78 is 1.57. The molecule has 0 atom stereocenters. The molecule has 13 heavy (non-hydrogen) atoms. The second-order valence-electron chi connectivity index (χ2n) is 2.34. The Kier molecular flexibility index (Phi) is 4.49. The maximum absolute atomic E-state index is 10.5. The Labute approximate surface area is 82.0 Å². The highest BCUT2D eigenvalue weighted by Crippen LogP contribution is 1.89. The first-order valence-corrected chi connectivity index (χ1v) is 3.40. The van der Waals surface area contributed by atoms with Crippen LogP contribution in [-0.4, -0.2) is 5.91 Å². The van der Waals surface area contributed by atoms with Crippen LogP contribution in [0.4, 0.5) is 0 Å². The van der Waals surface area contributed by atoms with Gasteiger partial charge in [0.05, 0.1) is 0 Å². The molecule has 0 saturated carbocycles. The molecule has 68 valence electrons. The predicted octanol–water partition coefficient (Wildman–Crippen LogP) is -3.66. The van der Waals surface area contributed by atoms with Gasteiger partial charge in [-0.2, -0.15) is 9.83 Å². The number of hydrogen-bond acceptors (Lipinski definition) is 2. The van der Waals surface area contributed by atoms with Crippen LogP contribution in [0.5, 0.6) is 0 Å². The van der Waals surface area contributed by atoms with Crippen LogP contribution in [0.2, 0.25) is 0 Å². The summed E-state index contributed by atoms with van der Waals surface area (Å²) in [7, 11) is 0. The second kappa shape index (κ2) is 5.12. The molecule has 0 aliphatic carbocycles. The molecule has 0 fully saturated rings. The third-order valence-electron chi connectivity index (χ3n) is 1.33. The molecule has 4 nitrogen and oxygen atoms in total. The van der Waals surface area contributed by atoms with Crippen LogP contribution in [0.1, 0.15) is 5.56 Å². The Balaban J connectivity index is 0.00000144. The van der Waals surface area contributed by atoms with Gasteiger partial charge in [-0.1, -0.05) is 0 Å². The van der Waals surface area contributed by atoms with E-state index in [2.05, 4.69) is 0 Å². The molecule has 1 aromatic heterocycles. The Morgan fingerprint density at radius 3 is 2.92 bits per heavy atom. The molecule has 1 amide bonds. The van der Waals surface area contributed by atoms with E-state index >= 15 is 0 Å². The highest BCUT2D eigenvalue weighted by atomic mass is 35.5. The number of nitrogens with zero attached hydrogens (tertiary/aromatic N) is 2. The number of halogens is 1. The molecule has 0 aliphatic rings. The van der Waals surface area contributed by atoms with Crippen molar-refractivity contribution in [1.29, 1.82) is 5.26 Å². The number of nitriles is 1. The van der Waals surface area contributed by atoms with E-state index < -0.39 is 5.91 Å². The van der Waals surface area contributed by atoms with Gasteiger partial charge >= 0.3 is 0 Å². The van der Waals surface area contributed by atoms with Crippen molar-refractivity contribution in [3.05, 3.63) is 30.1 Å². The Hall–Kier alpha value is -1.60. The fourth-order valence-corrected chi connectivity index (χ4v) is 0.866. The topological polar surface area (TPSA) is 70.8 Å². The SMILES string of the molecule is N#Cc1ccc[n+](CC(N)=O)c1.[Cl-]. The van der Waals surface area contributed by atoms with Gasteiger partial charge in [0, 0.05) is 6.07 Å². The average molecular weight is 198 g/mol. The van der Waals surface area contributed by atoms with E-state index in [1.54, 1.807) is 29.1 Å². The van der Waals surface area contributed by atoms with Crippen LogP contribution in [0.25, 0.3) is 0 Å². The van der Waals surface area contributed by atoms with E-state index in [9.17, 15) is 4.79 Å². The van der Waals surface area contributed by atoms with Gasteiger partial charge in [-0.3, -0.25) is 4.79 Å². The standard InChI is InChI=1S/C8H7N3O.ClH/c9-4-7-2-1-3-11(5-7)6-8(10)12;/h1-3,5H,6H2,(H-,10,12);1H. The number of nitrogens with two attached hydrogens (primary N) is 1. The first-order valence-electron chi connectivity index (χ1n) is 3.40. The van der Waals surface area contributed by atoms with Crippen molar-refractivity contribution in [1.82, 2.24) is 0 Å². The molecule has 2 N–H and O–H groups in total. The summed E-state index contributed by atoms with van der Waals surface area (Å²) in [6.45, 7) is 0.107. The molecule has 0 aromatic carbocycles. The Morgan fingerprint density at radius 2 is 2.38 bits per heavy atom. The van der Waals surface area contributed by atoms with Crippen LogP contribution >= 0.6 is 0 Å². The van der Waals surface area contributed by atoms with E-state index in [-0.39, 0.29) is 19.0 Å². The summed E-state index contributed by atoms with van der Waals surface area (Å²) in [6, 6.07) is 5.33. The quantitative estimate of drug-likeness (QED) is 0.497. The lowest BCUT2D eigenvalue weighted by molar-refractivity contribution is -0.684. The zero-order valence-electron chi connectivity index (χ0n) is 6.77. The number of amides is 1. The molecule has 1 rings (SSSR count). The van der Waals surface area contributed by atoms with Crippen molar-refractivity contribution in [2.75, 3.05) is 0 Å². The van der Waals surface area contributed by atoms with Crippen molar-refractivity contribution >= 4 is 5.91 Å². The first kappa shape index (κ1) is 11.4. The number of carbonyl (C=O) groups is 1. The van der Waals surface area contributed by atoms with E-state index in [1.807, 2.05) is 6.07 Å². The molecule has 5 heteroatoms. The van der Waals surface area contributed by atoms with E-state index in [0.717, 1.165) is 0 Å². The second-order valence-corrected chi connectivity index (χ2v) is 2.34. The van der Waals surface area contributed by atoms with Crippen molar-refractivity contribution < 1.29 is 21.8 Å². The number of carbonyl (C=O) groups excluding carboxylic acids is 1. The van der Waals surface area contributed by atoms with Crippen LogP contribution in [0.15, 0.2) is 24.5 Å². The maximum Gasteiger partial charge on any atom is 0.283 e. The molecular weight excluding hydrogens is 190 g/mol. The fourth-order valence-electron chi connectivity index (χ4n) is 0.866. The minimum atomic E-state index is -0.421. The van der Waals surface area contributed by atoms with Crippen LogP contribution in [-0.2, 0) is 11.3 Å². The summed E-state index contributed by atoms with van der Waals surface area (Å²) in [5.41, 5.74) is 5.49. The van der Waals surface area contributed by atoms with Gasteiger partial charge in [0.2, 0.25) is 6.54 Å². The minimum Gasteiger partial charge on any atom is -1.00 e. The van der Waals surface area contributed by atoms with E-state index in [4.69, 9.17) is 11.0 Å². The fraction of sp³-hybridized carbons (Fsp3) is 0.125. The van der Waals surface area contributed by atoms with Crippen molar-refractivity contribution in [3.8, 4) is 6.07 Å². The molecule has 1 aromatic rings. The maximum atomic E-state index is 10.5. The minimum absolute atomic E-state index is 0. The number of hydrogen-bond donors (Lipinski definition) is 1. The number of aromatic nitrogens is 1.